The number of methoxy groups -OCH3 is 2. The predicted octanol–water partition coefficient (Wildman–Crippen LogP) is 1.16. The van der Waals surface area contributed by atoms with E-state index in [0.717, 1.165) is 26.1 Å². The molecule has 0 saturated carbocycles. The van der Waals surface area contributed by atoms with Crippen LogP contribution < -0.4 is 0 Å². The van der Waals surface area contributed by atoms with Gasteiger partial charge in [-0.05, 0) is 12.8 Å². The zero-order valence-electron chi connectivity index (χ0n) is 16.6. The molecule has 0 amide bonds. The van der Waals surface area contributed by atoms with Crippen LogP contribution in [0.25, 0.3) is 0 Å². The van der Waals surface area contributed by atoms with Gasteiger partial charge in [0.25, 0.3) is 0 Å². The number of ether oxygens (including phenoxy) is 8. The zero-order valence-corrected chi connectivity index (χ0v) is 16.6. The standard InChI is InChI=1S/C18H38O8/c1-19-7-9-23-15-17-25-13-11-21-5-3-4-6-22-12-14-26-18-16-24-10-8-20-2/h3-18H2,1-2H3. The molecule has 0 aliphatic carbocycles. The minimum atomic E-state index is 0.586. The van der Waals surface area contributed by atoms with Crippen LogP contribution in [0.5, 0.6) is 0 Å². The van der Waals surface area contributed by atoms with E-state index >= 15 is 0 Å². The highest BCUT2D eigenvalue weighted by Crippen LogP contribution is 1.92. The van der Waals surface area contributed by atoms with Gasteiger partial charge >= 0.3 is 0 Å². The minimum absolute atomic E-state index is 0.586. The van der Waals surface area contributed by atoms with Gasteiger partial charge in [-0.15, -0.1) is 0 Å². The van der Waals surface area contributed by atoms with Crippen molar-refractivity contribution in [1.82, 2.24) is 0 Å². The van der Waals surface area contributed by atoms with Crippen molar-refractivity contribution in [3.8, 4) is 0 Å². The van der Waals surface area contributed by atoms with Crippen LogP contribution in [0.1, 0.15) is 12.8 Å². The largest absolute Gasteiger partial charge is 0.382 e. The Balaban J connectivity index is 2.95. The summed E-state index contributed by atoms with van der Waals surface area (Å²) in [5.41, 5.74) is 0. The molecule has 0 bridgehead atoms. The number of hydrogen-bond donors (Lipinski definition) is 0. The lowest BCUT2D eigenvalue weighted by atomic mass is 10.3. The van der Waals surface area contributed by atoms with Crippen LogP contribution in [0, 0.1) is 0 Å². The zero-order chi connectivity index (χ0) is 19.0. The summed E-state index contributed by atoms with van der Waals surface area (Å²) in [4.78, 5) is 0. The maximum absolute atomic E-state index is 5.49. The Kier molecular flexibility index (Phi) is 24.4. The average Bonchev–Trinajstić information content (AvgIpc) is 2.66. The molecule has 0 aromatic heterocycles. The SMILES string of the molecule is COCCOCCOCCOCCCCOCCOCCOCCOC. The summed E-state index contributed by atoms with van der Waals surface area (Å²) < 4.78 is 42.1. The van der Waals surface area contributed by atoms with Gasteiger partial charge in [-0.3, -0.25) is 0 Å². The van der Waals surface area contributed by atoms with Crippen molar-refractivity contribution in [3.63, 3.8) is 0 Å². The lowest BCUT2D eigenvalue weighted by molar-refractivity contribution is -0.00152. The number of rotatable bonds is 23. The number of hydrogen-bond acceptors (Lipinski definition) is 8. The van der Waals surface area contributed by atoms with Gasteiger partial charge in [-0.1, -0.05) is 0 Å². The van der Waals surface area contributed by atoms with Crippen molar-refractivity contribution in [1.29, 1.82) is 0 Å². The van der Waals surface area contributed by atoms with Crippen molar-refractivity contribution in [3.05, 3.63) is 0 Å². The fourth-order valence-corrected chi connectivity index (χ4v) is 1.78. The third kappa shape index (κ3) is 23.7. The molecule has 26 heavy (non-hydrogen) atoms. The molecule has 0 aromatic carbocycles. The second-order valence-corrected chi connectivity index (χ2v) is 5.37. The molecular formula is C18H38O8. The molecule has 8 nitrogen and oxygen atoms in total. The van der Waals surface area contributed by atoms with Gasteiger partial charge in [0.2, 0.25) is 0 Å². The fourth-order valence-electron chi connectivity index (χ4n) is 1.78. The lowest BCUT2D eigenvalue weighted by Gasteiger charge is -2.08. The Hall–Kier alpha value is -0.320. The first-order valence-corrected chi connectivity index (χ1v) is 9.36. The molecule has 0 unspecified atom stereocenters. The summed E-state index contributed by atoms with van der Waals surface area (Å²) in [6.45, 7) is 8.65. The van der Waals surface area contributed by atoms with Crippen LogP contribution in [0.3, 0.4) is 0 Å². The van der Waals surface area contributed by atoms with Crippen molar-refractivity contribution in [2.45, 2.75) is 12.8 Å². The molecule has 0 radical (unpaired) electrons. The van der Waals surface area contributed by atoms with Crippen LogP contribution in [0.2, 0.25) is 0 Å². The quantitative estimate of drug-likeness (QED) is 0.244. The first-order valence-electron chi connectivity index (χ1n) is 9.36. The van der Waals surface area contributed by atoms with Crippen LogP contribution >= 0.6 is 0 Å². The molecule has 0 heterocycles. The second-order valence-electron chi connectivity index (χ2n) is 5.37. The van der Waals surface area contributed by atoms with Gasteiger partial charge in [0.05, 0.1) is 79.3 Å². The van der Waals surface area contributed by atoms with Gasteiger partial charge in [0.15, 0.2) is 0 Å². The van der Waals surface area contributed by atoms with E-state index in [0.29, 0.717) is 79.3 Å². The Bertz CT molecular complexity index is 219. The van der Waals surface area contributed by atoms with Gasteiger partial charge in [0, 0.05) is 27.4 Å². The first-order chi connectivity index (χ1) is 12.9. The fraction of sp³-hybridized carbons (Fsp3) is 1.00. The van der Waals surface area contributed by atoms with Crippen LogP contribution in [-0.2, 0) is 37.9 Å². The van der Waals surface area contributed by atoms with Gasteiger partial charge in [-0.2, -0.15) is 0 Å². The van der Waals surface area contributed by atoms with E-state index in [4.69, 9.17) is 37.9 Å². The summed E-state index contributed by atoms with van der Waals surface area (Å²) in [5, 5.41) is 0. The third-order valence-corrected chi connectivity index (χ3v) is 3.18. The normalized spacial score (nSPS) is 11.3. The molecule has 0 fully saturated rings. The molecule has 0 atom stereocenters. The maximum atomic E-state index is 5.49. The van der Waals surface area contributed by atoms with Gasteiger partial charge in [-0.25, -0.2) is 0 Å². The minimum Gasteiger partial charge on any atom is -0.382 e. The van der Waals surface area contributed by atoms with Crippen molar-refractivity contribution in [2.24, 2.45) is 0 Å². The molecular weight excluding hydrogens is 344 g/mol. The molecule has 0 saturated heterocycles. The van der Waals surface area contributed by atoms with E-state index in [9.17, 15) is 0 Å². The Morgan fingerprint density at radius 1 is 0.308 bits per heavy atom. The summed E-state index contributed by atoms with van der Waals surface area (Å²) in [7, 11) is 3.31. The lowest BCUT2D eigenvalue weighted by Crippen LogP contribution is -2.12. The summed E-state index contributed by atoms with van der Waals surface area (Å²) in [5.74, 6) is 0. The van der Waals surface area contributed by atoms with Crippen molar-refractivity contribution < 1.29 is 37.9 Å². The summed E-state index contributed by atoms with van der Waals surface area (Å²) in [6, 6.07) is 0. The Labute approximate surface area is 158 Å². The average molecular weight is 382 g/mol. The number of unbranched alkanes of at least 4 members (excludes halogenated alkanes) is 1. The van der Waals surface area contributed by atoms with Gasteiger partial charge in [0.1, 0.15) is 0 Å². The van der Waals surface area contributed by atoms with E-state index in [-0.39, 0.29) is 0 Å². The van der Waals surface area contributed by atoms with Crippen LogP contribution in [0.15, 0.2) is 0 Å². The van der Waals surface area contributed by atoms with Crippen molar-refractivity contribution in [2.75, 3.05) is 107 Å². The topological polar surface area (TPSA) is 73.8 Å². The van der Waals surface area contributed by atoms with Crippen LogP contribution in [-0.4, -0.2) is 107 Å². The summed E-state index contributed by atoms with van der Waals surface area (Å²) in [6.07, 6.45) is 1.96. The second kappa shape index (κ2) is 24.7. The van der Waals surface area contributed by atoms with Crippen LogP contribution in [0.4, 0.5) is 0 Å². The molecule has 158 valence electrons. The maximum Gasteiger partial charge on any atom is 0.0701 e. The molecule has 0 spiro atoms. The van der Waals surface area contributed by atoms with E-state index < -0.39 is 0 Å². The van der Waals surface area contributed by atoms with E-state index in [1.54, 1.807) is 14.2 Å². The van der Waals surface area contributed by atoms with E-state index in [2.05, 4.69) is 0 Å². The highest BCUT2D eigenvalue weighted by atomic mass is 16.6. The smallest absolute Gasteiger partial charge is 0.0701 e. The Morgan fingerprint density at radius 2 is 0.538 bits per heavy atom. The molecule has 0 aromatic rings. The molecule has 0 N–H and O–H groups in total. The Morgan fingerprint density at radius 3 is 0.808 bits per heavy atom. The molecule has 0 aliphatic rings. The summed E-state index contributed by atoms with van der Waals surface area (Å²) >= 11 is 0. The van der Waals surface area contributed by atoms with Crippen molar-refractivity contribution >= 4 is 0 Å². The molecule has 0 aliphatic heterocycles. The monoisotopic (exact) mass is 382 g/mol. The molecule has 0 rings (SSSR count). The van der Waals surface area contributed by atoms with E-state index in [1.807, 2.05) is 0 Å². The third-order valence-electron chi connectivity index (χ3n) is 3.18. The van der Waals surface area contributed by atoms with Gasteiger partial charge < -0.3 is 37.9 Å². The first kappa shape index (κ1) is 25.7. The highest BCUT2D eigenvalue weighted by Gasteiger charge is 1.94. The predicted molar refractivity (Wildman–Crippen MR) is 97.9 cm³/mol. The molecule has 8 heteroatoms. The highest BCUT2D eigenvalue weighted by molar-refractivity contribution is 4.40. The van der Waals surface area contributed by atoms with E-state index in [1.165, 1.54) is 0 Å².